The van der Waals surface area contributed by atoms with Gasteiger partial charge in [-0.05, 0) is 33.1 Å². The van der Waals surface area contributed by atoms with Gasteiger partial charge in [0.05, 0.1) is 12.1 Å². The first-order valence-electron chi connectivity index (χ1n) is 8.10. The van der Waals surface area contributed by atoms with Crippen LogP contribution in [0.15, 0.2) is 0 Å². The second-order valence-corrected chi connectivity index (χ2v) is 6.29. The van der Waals surface area contributed by atoms with Gasteiger partial charge in [-0.2, -0.15) is 5.10 Å². The number of nitrogens with zero attached hydrogens (tertiary/aromatic N) is 4. The summed E-state index contributed by atoms with van der Waals surface area (Å²) in [7, 11) is 0. The standard InChI is InChI=1S/C15H25N5O/c1-4-13-17-14-11(6-5-8-20(14)18-13)16-12-7-9-19(10(2)3)15(12)21/h10-12,16H,4-9H2,1-3H3/t11-,12+/m1/s1. The zero-order valence-electron chi connectivity index (χ0n) is 13.2. The lowest BCUT2D eigenvalue weighted by atomic mass is 10.1. The molecule has 0 aromatic carbocycles. The second kappa shape index (κ2) is 5.75. The molecule has 0 aliphatic carbocycles. The van der Waals surface area contributed by atoms with Crippen molar-refractivity contribution in [1.82, 2.24) is 25.0 Å². The Balaban J connectivity index is 1.72. The summed E-state index contributed by atoms with van der Waals surface area (Å²) >= 11 is 0. The first-order chi connectivity index (χ1) is 10.1. The van der Waals surface area contributed by atoms with Crippen molar-refractivity contribution < 1.29 is 4.79 Å². The molecule has 0 bridgehead atoms. The van der Waals surface area contributed by atoms with Crippen molar-refractivity contribution in [2.45, 2.75) is 71.1 Å². The van der Waals surface area contributed by atoms with Gasteiger partial charge in [0.2, 0.25) is 5.91 Å². The van der Waals surface area contributed by atoms with Gasteiger partial charge < -0.3 is 4.90 Å². The van der Waals surface area contributed by atoms with Crippen molar-refractivity contribution in [2.24, 2.45) is 0 Å². The Morgan fingerprint density at radius 1 is 1.29 bits per heavy atom. The van der Waals surface area contributed by atoms with Crippen molar-refractivity contribution in [3.63, 3.8) is 0 Å². The summed E-state index contributed by atoms with van der Waals surface area (Å²) in [6.07, 6.45) is 3.87. The molecule has 1 amide bonds. The Morgan fingerprint density at radius 3 is 2.76 bits per heavy atom. The number of hydrogen-bond acceptors (Lipinski definition) is 4. The van der Waals surface area contributed by atoms with E-state index in [1.54, 1.807) is 0 Å². The molecule has 1 saturated heterocycles. The highest BCUT2D eigenvalue weighted by atomic mass is 16.2. The molecule has 21 heavy (non-hydrogen) atoms. The Labute approximate surface area is 125 Å². The van der Waals surface area contributed by atoms with Gasteiger partial charge in [0.25, 0.3) is 0 Å². The van der Waals surface area contributed by atoms with E-state index in [1.165, 1.54) is 0 Å². The van der Waals surface area contributed by atoms with E-state index in [1.807, 2.05) is 9.58 Å². The molecule has 0 spiro atoms. The van der Waals surface area contributed by atoms with Crippen LogP contribution < -0.4 is 5.32 Å². The molecule has 1 aromatic rings. The summed E-state index contributed by atoms with van der Waals surface area (Å²) in [5.74, 6) is 2.14. The third-order valence-corrected chi connectivity index (χ3v) is 4.50. The molecule has 2 aliphatic heterocycles. The van der Waals surface area contributed by atoms with Crippen LogP contribution in [0.4, 0.5) is 0 Å². The number of fused-ring (bicyclic) bond motifs is 1. The smallest absolute Gasteiger partial charge is 0.240 e. The number of likely N-dealkylation sites (tertiary alicyclic amines) is 1. The molecule has 1 aromatic heterocycles. The van der Waals surface area contributed by atoms with Gasteiger partial charge in [-0.3, -0.25) is 10.1 Å². The van der Waals surface area contributed by atoms with Gasteiger partial charge in [-0.15, -0.1) is 0 Å². The van der Waals surface area contributed by atoms with Gasteiger partial charge in [0.1, 0.15) is 5.82 Å². The lowest BCUT2D eigenvalue weighted by Crippen LogP contribution is -2.43. The molecule has 6 heteroatoms. The van der Waals surface area contributed by atoms with Crippen LogP contribution in [0, 0.1) is 0 Å². The zero-order valence-corrected chi connectivity index (χ0v) is 13.2. The highest BCUT2D eigenvalue weighted by molar-refractivity contribution is 5.84. The van der Waals surface area contributed by atoms with Crippen LogP contribution in [0.2, 0.25) is 0 Å². The number of aromatic nitrogens is 3. The quantitative estimate of drug-likeness (QED) is 0.907. The highest BCUT2D eigenvalue weighted by Gasteiger charge is 2.36. The minimum atomic E-state index is -0.0641. The van der Waals surface area contributed by atoms with Crippen LogP contribution in [-0.2, 0) is 17.8 Å². The molecule has 3 heterocycles. The van der Waals surface area contributed by atoms with Crippen molar-refractivity contribution in [1.29, 1.82) is 0 Å². The maximum atomic E-state index is 12.4. The topological polar surface area (TPSA) is 63.1 Å². The van der Waals surface area contributed by atoms with Gasteiger partial charge >= 0.3 is 0 Å². The third kappa shape index (κ3) is 2.69. The molecule has 2 atom stereocenters. The zero-order chi connectivity index (χ0) is 15.0. The minimum Gasteiger partial charge on any atom is -0.339 e. The van der Waals surface area contributed by atoms with Gasteiger partial charge in [-0.25, -0.2) is 9.67 Å². The van der Waals surface area contributed by atoms with Gasteiger partial charge in [0, 0.05) is 25.6 Å². The number of nitrogens with one attached hydrogen (secondary N) is 1. The first kappa shape index (κ1) is 14.5. The summed E-state index contributed by atoms with van der Waals surface area (Å²) in [6.45, 7) is 8.02. The summed E-state index contributed by atoms with van der Waals surface area (Å²) in [4.78, 5) is 19.0. The summed E-state index contributed by atoms with van der Waals surface area (Å²) < 4.78 is 2.01. The van der Waals surface area contributed by atoms with E-state index < -0.39 is 0 Å². The number of hydrogen-bond donors (Lipinski definition) is 1. The lowest BCUT2D eigenvalue weighted by Gasteiger charge is -2.26. The number of rotatable bonds is 4. The maximum absolute atomic E-state index is 12.4. The van der Waals surface area contributed by atoms with E-state index >= 15 is 0 Å². The number of amides is 1. The molecule has 3 rings (SSSR count). The highest BCUT2D eigenvalue weighted by Crippen LogP contribution is 2.26. The van der Waals surface area contributed by atoms with Gasteiger partial charge in [0.15, 0.2) is 5.82 Å². The van der Waals surface area contributed by atoms with E-state index in [2.05, 4.69) is 36.2 Å². The van der Waals surface area contributed by atoms with Crippen LogP contribution in [0.25, 0.3) is 0 Å². The fourth-order valence-corrected chi connectivity index (χ4v) is 3.32. The van der Waals surface area contributed by atoms with Gasteiger partial charge in [-0.1, -0.05) is 6.92 Å². The summed E-state index contributed by atoms with van der Waals surface area (Å²) in [5, 5.41) is 8.06. The Hall–Kier alpha value is -1.43. The summed E-state index contributed by atoms with van der Waals surface area (Å²) in [5.41, 5.74) is 0. The van der Waals surface area contributed by atoms with Crippen molar-refractivity contribution in [3.05, 3.63) is 11.6 Å². The average Bonchev–Trinajstić information content (AvgIpc) is 3.03. The fourth-order valence-electron chi connectivity index (χ4n) is 3.32. The van der Waals surface area contributed by atoms with Crippen LogP contribution in [0.1, 0.15) is 57.7 Å². The van der Waals surface area contributed by atoms with Crippen LogP contribution in [0.3, 0.4) is 0 Å². The van der Waals surface area contributed by atoms with E-state index in [-0.39, 0.29) is 24.0 Å². The summed E-state index contributed by atoms with van der Waals surface area (Å²) in [6, 6.07) is 0.379. The second-order valence-electron chi connectivity index (χ2n) is 6.29. The molecule has 2 aliphatic rings. The first-order valence-corrected chi connectivity index (χ1v) is 8.10. The van der Waals surface area contributed by atoms with Crippen LogP contribution in [-0.4, -0.2) is 44.2 Å². The predicted octanol–water partition coefficient (Wildman–Crippen LogP) is 1.27. The molecule has 116 valence electrons. The van der Waals surface area contributed by atoms with E-state index in [9.17, 15) is 4.79 Å². The third-order valence-electron chi connectivity index (χ3n) is 4.50. The molecule has 0 unspecified atom stereocenters. The Morgan fingerprint density at radius 2 is 2.10 bits per heavy atom. The number of aryl methyl sites for hydroxylation is 2. The molecule has 6 nitrogen and oxygen atoms in total. The van der Waals surface area contributed by atoms with Crippen molar-refractivity contribution in [3.8, 4) is 0 Å². The van der Waals surface area contributed by atoms with E-state index in [0.29, 0.717) is 0 Å². The lowest BCUT2D eigenvalue weighted by molar-refractivity contribution is -0.131. The molecular weight excluding hydrogens is 266 g/mol. The SMILES string of the molecule is CCc1nc2n(n1)CCC[C@H]2N[C@H]1CCN(C(C)C)C1=O. The normalized spacial score (nSPS) is 25.7. The van der Waals surface area contributed by atoms with Crippen molar-refractivity contribution in [2.75, 3.05) is 6.54 Å². The maximum Gasteiger partial charge on any atom is 0.240 e. The number of carbonyl (C=O) groups is 1. The largest absolute Gasteiger partial charge is 0.339 e. The van der Waals surface area contributed by atoms with Crippen molar-refractivity contribution >= 4 is 5.91 Å². The molecule has 1 N–H and O–H groups in total. The van der Waals surface area contributed by atoms with E-state index in [0.717, 1.165) is 50.4 Å². The Bertz CT molecular complexity index is 524. The average molecular weight is 291 g/mol. The minimum absolute atomic E-state index is 0.0641. The van der Waals surface area contributed by atoms with Crippen LogP contribution in [0.5, 0.6) is 0 Å². The molecular formula is C15H25N5O. The molecule has 1 fully saturated rings. The molecule has 0 radical (unpaired) electrons. The predicted molar refractivity (Wildman–Crippen MR) is 79.8 cm³/mol. The van der Waals surface area contributed by atoms with Crippen LogP contribution >= 0.6 is 0 Å². The monoisotopic (exact) mass is 291 g/mol. The molecule has 0 saturated carbocycles. The Kier molecular flexibility index (Phi) is 3.97. The number of carbonyl (C=O) groups excluding carboxylic acids is 1. The fraction of sp³-hybridized carbons (Fsp3) is 0.800. The van der Waals surface area contributed by atoms with E-state index in [4.69, 9.17) is 0 Å².